The Bertz CT molecular complexity index is 324. The summed E-state index contributed by atoms with van der Waals surface area (Å²) in [5.41, 5.74) is -0.608. The van der Waals surface area contributed by atoms with E-state index in [1.54, 1.807) is 18.7 Å². The van der Waals surface area contributed by atoms with Gasteiger partial charge in [0, 0.05) is 18.6 Å². The number of hydrogen-bond acceptors (Lipinski definition) is 5. The first kappa shape index (κ1) is 11.6. The molecule has 4 nitrogen and oxygen atoms in total. The third-order valence-electron chi connectivity index (χ3n) is 3.11. The van der Waals surface area contributed by atoms with Crippen LogP contribution >= 0.6 is 11.8 Å². The minimum Gasteiger partial charge on any atom is -0.457 e. The standard InChI is InChI=1S/C11H14O4S/c1-2-7(12)9-8(13)5-11(15-10(9)14)3-4-16-6-11/h9H,2-6H2,1H3. The maximum Gasteiger partial charge on any atom is 0.324 e. The molecule has 2 aliphatic heterocycles. The van der Waals surface area contributed by atoms with E-state index in [9.17, 15) is 14.4 Å². The molecule has 2 saturated heterocycles. The number of Topliss-reactive ketones (excluding diaryl/α,β-unsaturated/α-hetero) is 2. The molecule has 0 aromatic heterocycles. The van der Waals surface area contributed by atoms with Crippen molar-refractivity contribution in [3.8, 4) is 0 Å². The minimum absolute atomic E-state index is 0.202. The number of hydrogen-bond donors (Lipinski definition) is 0. The Labute approximate surface area is 98.1 Å². The fourth-order valence-electron chi connectivity index (χ4n) is 2.18. The van der Waals surface area contributed by atoms with Crippen LogP contribution in [0.15, 0.2) is 0 Å². The van der Waals surface area contributed by atoms with Gasteiger partial charge in [-0.3, -0.25) is 14.4 Å². The van der Waals surface area contributed by atoms with Crippen LogP contribution in [0, 0.1) is 5.92 Å². The number of thioether (sulfide) groups is 1. The fraction of sp³-hybridized carbons (Fsp3) is 0.727. The second kappa shape index (κ2) is 4.20. The van der Waals surface area contributed by atoms with E-state index in [2.05, 4.69) is 0 Å². The van der Waals surface area contributed by atoms with Gasteiger partial charge >= 0.3 is 5.97 Å². The molecular weight excluding hydrogens is 228 g/mol. The van der Waals surface area contributed by atoms with Gasteiger partial charge in [-0.2, -0.15) is 11.8 Å². The highest BCUT2D eigenvalue weighted by Gasteiger charge is 2.50. The van der Waals surface area contributed by atoms with Crippen molar-refractivity contribution in [3.63, 3.8) is 0 Å². The number of carbonyl (C=O) groups is 3. The van der Waals surface area contributed by atoms with Crippen molar-refractivity contribution in [1.29, 1.82) is 0 Å². The lowest BCUT2D eigenvalue weighted by Crippen LogP contribution is -2.50. The molecule has 0 aromatic rings. The first-order valence-electron chi connectivity index (χ1n) is 5.44. The Balaban J connectivity index is 2.16. The van der Waals surface area contributed by atoms with Gasteiger partial charge in [-0.15, -0.1) is 0 Å². The zero-order valence-electron chi connectivity index (χ0n) is 9.15. The van der Waals surface area contributed by atoms with Gasteiger partial charge in [0.05, 0.1) is 0 Å². The molecule has 0 aromatic carbocycles. The molecule has 88 valence electrons. The lowest BCUT2D eigenvalue weighted by atomic mass is 9.84. The molecule has 0 N–H and O–H groups in total. The normalized spacial score (nSPS) is 34.2. The smallest absolute Gasteiger partial charge is 0.324 e. The molecule has 2 heterocycles. The van der Waals surface area contributed by atoms with Crippen LogP contribution in [0.3, 0.4) is 0 Å². The van der Waals surface area contributed by atoms with E-state index in [1.165, 1.54) is 0 Å². The maximum absolute atomic E-state index is 11.8. The molecule has 0 amide bonds. The Morgan fingerprint density at radius 1 is 1.56 bits per heavy atom. The van der Waals surface area contributed by atoms with Gasteiger partial charge in [-0.25, -0.2) is 0 Å². The number of ether oxygens (including phenoxy) is 1. The van der Waals surface area contributed by atoms with Gasteiger partial charge in [0.15, 0.2) is 17.5 Å². The SMILES string of the molecule is CCC(=O)C1C(=O)CC2(CCSC2)OC1=O. The summed E-state index contributed by atoms with van der Waals surface area (Å²) < 4.78 is 5.34. The lowest BCUT2D eigenvalue weighted by molar-refractivity contribution is -0.175. The van der Waals surface area contributed by atoms with Crippen LogP contribution < -0.4 is 0 Å². The Morgan fingerprint density at radius 3 is 2.81 bits per heavy atom. The largest absolute Gasteiger partial charge is 0.457 e. The third kappa shape index (κ3) is 1.88. The summed E-state index contributed by atoms with van der Waals surface area (Å²) in [4.78, 5) is 35.0. The molecule has 0 saturated carbocycles. The molecule has 1 spiro atoms. The van der Waals surface area contributed by atoms with Crippen molar-refractivity contribution in [2.45, 2.75) is 31.8 Å². The average Bonchev–Trinajstić information content (AvgIpc) is 2.64. The molecule has 2 unspecified atom stereocenters. The maximum atomic E-state index is 11.8. The van der Waals surface area contributed by atoms with E-state index in [1.807, 2.05) is 0 Å². The van der Waals surface area contributed by atoms with E-state index in [0.717, 1.165) is 12.2 Å². The molecule has 2 rings (SSSR count). The van der Waals surface area contributed by atoms with Crippen molar-refractivity contribution in [2.75, 3.05) is 11.5 Å². The van der Waals surface area contributed by atoms with Gasteiger partial charge in [-0.05, 0) is 12.2 Å². The van der Waals surface area contributed by atoms with E-state index < -0.39 is 17.5 Å². The van der Waals surface area contributed by atoms with Crippen molar-refractivity contribution in [3.05, 3.63) is 0 Å². The first-order valence-corrected chi connectivity index (χ1v) is 6.59. The van der Waals surface area contributed by atoms with Crippen molar-refractivity contribution in [1.82, 2.24) is 0 Å². The Kier molecular flexibility index (Phi) is 3.06. The molecule has 2 fully saturated rings. The molecule has 0 radical (unpaired) electrons. The minimum atomic E-state index is -1.15. The number of esters is 1. The molecule has 2 atom stereocenters. The zero-order valence-corrected chi connectivity index (χ0v) is 9.97. The Morgan fingerprint density at radius 2 is 2.31 bits per heavy atom. The molecule has 2 aliphatic rings. The van der Waals surface area contributed by atoms with Crippen molar-refractivity contribution >= 4 is 29.3 Å². The van der Waals surface area contributed by atoms with E-state index >= 15 is 0 Å². The summed E-state index contributed by atoms with van der Waals surface area (Å²) in [6.45, 7) is 1.65. The molecule has 0 bridgehead atoms. The molecule has 16 heavy (non-hydrogen) atoms. The number of rotatable bonds is 2. The van der Waals surface area contributed by atoms with Crippen LogP contribution in [0.25, 0.3) is 0 Å². The van der Waals surface area contributed by atoms with E-state index in [4.69, 9.17) is 4.74 Å². The summed E-state index contributed by atoms with van der Waals surface area (Å²) >= 11 is 1.68. The van der Waals surface area contributed by atoms with Crippen LogP contribution in [-0.4, -0.2) is 34.6 Å². The second-order valence-corrected chi connectivity index (χ2v) is 5.41. The van der Waals surface area contributed by atoms with E-state index in [0.29, 0.717) is 5.75 Å². The molecular formula is C11H14O4S. The summed E-state index contributed by atoms with van der Waals surface area (Å²) in [6.07, 6.45) is 1.14. The van der Waals surface area contributed by atoms with Crippen LogP contribution in [-0.2, 0) is 19.1 Å². The van der Waals surface area contributed by atoms with E-state index in [-0.39, 0.29) is 24.4 Å². The van der Waals surface area contributed by atoms with Gasteiger partial charge in [0.1, 0.15) is 5.60 Å². The van der Waals surface area contributed by atoms with Gasteiger partial charge in [0.25, 0.3) is 0 Å². The highest BCUT2D eigenvalue weighted by Crippen LogP contribution is 2.39. The lowest BCUT2D eigenvalue weighted by Gasteiger charge is -2.34. The molecule has 0 aliphatic carbocycles. The first-order chi connectivity index (χ1) is 7.58. The molecule has 5 heteroatoms. The average molecular weight is 242 g/mol. The zero-order chi connectivity index (χ0) is 11.8. The highest BCUT2D eigenvalue weighted by molar-refractivity contribution is 7.99. The predicted molar refractivity (Wildman–Crippen MR) is 59.2 cm³/mol. The highest BCUT2D eigenvalue weighted by atomic mass is 32.2. The fourth-order valence-corrected chi connectivity index (χ4v) is 3.52. The predicted octanol–water partition coefficient (Wildman–Crippen LogP) is 0.973. The van der Waals surface area contributed by atoms with Crippen LogP contribution in [0.5, 0.6) is 0 Å². The third-order valence-corrected chi connectivity index (χ3v) is 4.33. The number of carbonyl (C=O) groups excluding carboxylic acids is 3. The van der Waals surface area contributed by atoms with Gasteiger partial charge in [-0.1, -0.05) is 6.92 Å². The van der Waals surface area contributed by atoms with Crippen LogP contribution in [0.2, 0.25) is 0 Å². The summed E-state index contributed by atoms with van der Waals surface area (Å²) in [5, 5.41) is 0. The van der Waals surface area contributed by atoms with Gasteiger partial charge in [0.2, 0.25) is 0 Å². The topological polar surface area (TPSA) is 60.4 Å². The monoisotopic (exact) mass is 242 g/mol. The van der Waals surface area contributed by atoms with Crippen LogP contribution in [0.4, 0.5) is 0 Å². The van der Waals surface area contributed by atoms with Crippen molar-refractivity contribution in [2.24, 2.45) is 5.92 Å². The summed E-state index contributed by atoms with van der Waals surface area (Å²) in [7, 11) is 0. The second-order valence-electron chi connectivity index (χ2n) is 4.30. The van der Waals surface area contributed by atoms with Crippen molar-refractivity contribution < 1.29 is 19.1 Å². The van der Waals surface area contributed by atoms with Gasteiger partial charge < -0.3 is 4.74 Å². The number of ketones is 2. The summed E-state index contributed by atoms with van der Waals surface area (Å²) in [6, 6.07) is 0. The Hall–Kier alpha value is -0.840. The quantitative estimate of drug-likeness (QED) is 0.533. The summed E-state index contributed by atoms with van der Waals surface area (Å²) in [5.74, 6) is -0.780. The van der Waals surface area contributed by atoms with Crippen LogP contribution in [0.1, 0.15) is 26.2 Å².